The predicted molar refractivity (Wildman–Crippen MR) is 74.9 cm³/mol. The largest absolute Gasteiger partial charge is 0.368 e. The standard InChI is InChI=1S/C14H21ClN2/c1-3-11-6-5-9-17(11)14-8-4-7-13(15)12(14)10-16-2/h4,7-8,11,16H,3,5-6,9-10H2,1-2H3. The predicted octanol–water partition coefficient (Wildman–Crippen LogP) is 3.44. The summed E-state index contributed by atoms with van der Waals surface area (Å²) in [5.41, 5.74) is 2.55. The second-order valence-electron chi connectivity index (χ2n) is 4.67. The van der Waals surface area contributed by atoms with E-state index in [0.29, 0.717) is 6.04 Å². The maximum atomic E-state index is 6.31. The van der Waals surface area contributed by atoms with Gasteiger partial charge in [0.1, 0.15) is 0 Å². The van der Waals surface area contributed by atoms with Crippen LogP contribution in [0.15, 0.2) is 18.2 Å². The SMILES string of the molecule is CCC1CCCN1c1cccc(Cl)c1CNC. The average molecular weight is 253 g/mol. The van der Waals surface area contributed by atoms with Crippen LogP contribution in [-0.4, -0.2) is 19.6 Å². The monoisotopic (exact) mass is 252 g/mol. The van der Waals surface area contributed by atoms with Gasteiger partial charge in [0.15, 0.2) is 0 Å². The number of anilines is 1. The smallest absolute Gasteiger partial charge is 0.0471 e. The average Bonchev–Trinajstić information content (AvgIpc) is 2.80. The summed E-state index contributed by atoms with van der Waals surface area (Å²) in [6, 6.07) is 6.92. The first kappa shape index (κ1) is 12.7. The van der Waals surface area contributed by atoms with E-state index in [0.717, 1.165) is 18.1 Å². The van der Waals surface area contributed by atoms with Crippen molar-refractivity contribution in [2.45, 2.75) is 38.8 Å². The number of hydrogen-bond donors (Lipinski definition) is 1. The quantitative estimate of drug-likeness (QED) is 0.883. The summed E-state index contributed by atoms with van der Waals surface area (Å²) in [7, 11) is 1.97. The molecule has 1 aromatic carbocycles. The number of nitrogens with zero attached hydrogens (tertiary/aromatic N) is 1. The lowest BCUT2D eigenvalue weighted by molar-refractivity contribution is 0.642. The highest BCUT2D eigenvalue weighted by atomic mass is 35.5. The van der Waals surface area contributed by atoms with Gasteiger partial charge in [0.2, 0.25) is 0 Å². The summed E-state index contributed by atoms with van der Waals surface area (Å²) >= 11 is 6.31. The topological polar surface area (TPSA) is 15.3 Å². The highest BCUT2D eigenvalue weighted by molar-refractivity contribution is 6.31. The molecule has 1 N–H and O–H groups in total. The van der Waals surface area contributed by atoms with Gasteiger partial charge in [-0.05, 0) is 38.4 Å². The third kappa shape index (κ3) is 2.58. The summed E-state index contributed by atoms with van der Waals surface area (Å²) in [6.45, 7) is 4.27. The molecule has 0 bridgehead atoms. The first-order valence-electron chi connectivity index (χ1n) is 6.46. The molecule has 0 spiro atoms. The fourth-order valence-electron chi connectivity index (χ4n) is 2.75. The van der Waals surface area contributed by atoms with Crippen molar-refractivity contribution in [1.29, 1.82) is 0 Å². The number of halogens is 1. The maximum absolute atomic E-state index is 6.31. The van der Waals surface area contributed by atoms with Crippen molar-refractivity contribution in [1.82, 2.24) is 5.32 Å². The maximum Gasteiger partial charge on any atom is 0.0471 e. The molecule has 0 aromatic heterocycles. The third-order valence-corrected chi connectivity index (χ3v) is 3.96. The van der Waals surface area contributed by atoms with Crippen LogP contribution in [-0.2, 0) is 6.54 Å². The van der Waals surface area contributed by atoms with E-state index in [1.807, 2.05) is 13.1 Å². The van der Waals surface area contributed by atoms with Crippen LogP contribution in [0.2, 0.25) is 5.02 Å². The van der Waals surface area contributed by atoms with E-state index in [1.54, 1.807) is 0 Å². The summed E-state index contributed by atoms with van der Waals surface area (Å²) in [5.74, 6) is 0. The molecule has 1 aliphatic heterocycles. The fourth-order valence-corrected chi connectivity index (χ4v) is 2.98. The zero-order valence-electron chi connectivity index (χ0n) is 10.7. The van der Waals surface area contributed by atoms with E-state index in [-0.39, 0.29) is 0 Å². The minimum Gasteiger partial charge on any atom is -0.368 e. The molecule has 1 aliphatic rings. The Labute approximate surface area is 109 Å². The van der Waals surface area contributed by atoms with Crippen LogP contribution in [0.25, 0.3) is 0 Å². The lowest BCUT2D eigenvalue weighted by Gasteiger charge is -2.28. The molecule has 94 valence electrons. The number of benzene rings is 1. The Hall–Kier alpha value is -0.730. The zero-order valence-corrected chi connectivity index (χ0v) is 11.4. The highest BCUT2D eigenvalue weighted by Gasteiger charge is 2.25. The second-order valence-corrected chi connectivity index (χ2v) is 5.07. The minimum absolute atomic E-state index is 0.684. The van der Waals surface area contributed by atoms with E-state index in [2.05, 4.69) is 29.3 Å². The van der Waals surface area contributed by atoms with E-state index in [9.17, 15) is 0 Å². The summed E-state index contributed by atoms with van der Waals surface area (Å²) in [4.78, 5) is 2.53. The Balaban J connectivity index is 2.33. The second kappa shape index (κ2) is 5.74. The molecule has 2 nitrogen and oxygen atoms in total. The number of nitrogens with one attached hydrogen (secondary N) is 1. The van der Waals surface area contributed by atoms with Crippen LogP contribution < -0.4 is 10.2 Å². The van der Waals surface area contributed by atoms with Crippen LogP contribution >= 0.6 is 11.6 Å². The molecular weight excluding hydrogens is 232 g/mol. The van der Waals surface area contributed by atoms with Gasteiger partial charge in [0.25, 0.3) is 0 Å². The molecular formula is C14H21ClN2. The molecule has 3 heteroatoms. The van der Waals surface area contributed by atoms with Crippen molar-refractivity contribution in [3.05, 3.63) is 28.8 Å². The molecule has 2 rings (SSSR count). The Kier molecular flexibility index (Phi) is 4.30. The van der Waals surface area contributed by atoms with Gasteiger partial charge in [0.05, 0.1) is 0 Å². The summed E-state index contributed by atoms with van der Waals surface area (Å²) in [5, 5.41) is 4.08. The van der Waals surface area contributed by atoms with Crippen molar-refractivity contribution >= 4 is 17.3 Å². The lowest BCUT2D eigenvalue weighted by Crippen LogP contribution is -2.30. The van der Waals surface area contributed by atoms with Crippen molar-refractivity contribution in [3.63, 3.8) is 0 Å². The zero-order chi connectivity index (χ0) is 12.3. The number of hydrogen-bond acceptors (Lipinski definition) is 2. The van der Waals surface area contributed by atoms with E-state index < -0.39 is 0 Å². The van der Waals surface area contributed by atoms with E-state index in [1.165, 1.54) is 30.5 Å². The van der Waals surface area contributed by atoms with Gasteiger partial charge in [-0.15, -0.1) is 0 Å². The molecule has 1 unspecified atom stereocenters. The van der Waals surface area contributed by atoms with E-state index in [4.69, 9.17) is 11.6 Å². The lowest BCUT2D eigenvalue weighted by atomic mass is 10.1. The first-order valence-corrected chi connectivity index (χ1v) is 6.84. The molecule has 1 saturated heterocycles. The van der Waals surface area contributed by atoms with Crippen LogP contribution in [0.4, 0.5) is 5.69 Å². The van der Waals surface area contributed by atoms with Crippen molar-refractivity contribution in [3.8, 4) is 0 Å². The third-order valence-electron chi connectivity index (χ3n) is 3.61. The van der Waals surface area contributed by atoms with Gasteiger partial charge in [-0.3, -0.25) is 0 Å². The molecule has 1 fully saturated rings. The normalized spacial score (nSPS) is 19.9. The van der Waals surface area contributed by atoms with Gasteiger partial charge >= 0.3 is 0 Å². The molecule has 1 aromatic rings. The Morgan fingerprint density at radius 1 is 1.47 bits per heavy atom. The van der Waals surface area contributed by atoms with Crippen molar-refractivity contribution in [2.75, 3.05) is 18.5 Å². The summed E-state index contributed by atoms with van der Waals surface area (Å²) in [6.07, 6.45) is 3.82. The Bertz CT molecular complexity index is 378. The molecule has 0 saturated carbocycles. The molecule has 17 heavy (non-hydrogen) atoms. The first-order chi connectivity index (χ1) is 8.27. The molecule has 0 radical (unpaired) electrons. The molecule has 0 amide bonds. The van der Waals surface area contributed by atoms with Crippen LogP contribution in [0, 0.1) is 0 Å². The Morgan fingerprint density at radius 2 is 2.29 bits per heavy atom. The van der Waals surface area contributed by atoms with Gasteiger partial charge in [-0.1, -0.05) is 24.6 Å². The van der Waals surface area contributed by atoms with Gasteiger partial charge in [0, 0.05) is 35.4 Å². The molecule has 1 heterocycles. The van der Waals surface area contributed by atoms with Gasteiger partial charge in [-0.25, -0.2) is 0 Å². The van der Waals surface area contributed by atoms with Crippen LogP contribution in [0.1, 0.15) is 31.7 Å². The van der Waals surface area contributed by atoms with Gasteiger partial charge in [-0.2, -0.15) is 0 Å². The van der Waals surface area contributed by atoms with Crippen molar-refractivity contribution < 1.29 is 0 Å². The minimum atomic E-state index is 0.684. The Morgan fingerprint density at radius 3 is 3.00 bits per heavy atom. The fraction of sp³-hybridized carbons (Fsp3) is 0.571. The number of rotatable bonds is 4. The van der Waals surface area contributed by atoms with Gasteiger partial charge < -0.3 is 10.2 Å². The molecule has 0 aliphatic carbocycles. The van der Waals surface area contributed by atoms with E-state index >= 15 is 0 Å². The summed E-state index contributed by atoms with van der Waals surface area (Å²) < 4.78 is 0. The molecule has 1 atom stereocenters. The van der Waals surface area contributed by atoms with Crippen LogP contribution in [0.5, 0.6) is 0 Å². The van der Waals surface area contributed by atoms with Crippen LogP contribution in [0.3, 0.4) is 0 Å². The van der Waals surface area contributed by atoms with Crippen molar-refractivity contribution in [2.24, 2.45) is 0 Å². The highest BCUT2D eigenvalue weighted by Crippen LogP contribution is 2.33.